The lowest BCUT2D eigenvalue weighted by molar-refractivity contribution is -1.01. The predicted octanol–water partition coefficient (Wildman–Crippen LogP) is 0.741. The third-order valence-electron chi connectivity index (χ3n) is 4.48. The molecule has 0 unspecified atom stereocenters. The number of quaternary nitrogens is 2. The summed E-state index contributed by atoms with van der Waals surface area (Å²) >= 11 is 5.35. The molecule has 2 aromatic rings. The molecule has 6 heteroatoms. The highest BCUT2D eigenvalue weighted by atomic mass is 79.9. The van der Waals surface area contributed by atoms with E-state index in [1.807, 2.05) is 36.5 Å². The smallest absolute Gasteiger partial charge is 0.279 e. The van der Waals surface area contributed by atoms with Crippen molar-refractivity contribution in [3.63, 3.8) is 0 Å². The molecule has 1 aromatic heterocycles. The summed E-state index contributed by atoms with van der Waals surface area (Å²) in [5.74, 6) is 0.0938. The van der Waals surface area contributed by atoms with Crippen molar-refractivity contribution in [2.45, 2.75) is 13.5 Å². The molecule has 24 heavy (non-hydrogen) atoms. The maximum atomic E-state index is 12.3. The molecule has 1 aromatic carbocycles. The van der Waals surface area contributed by atoms with E-state index >= 15 is 0 Å². The van der Waals surface area contributed by atoms with Gasteiger partial charge in [0.1, 0.15) is 32.7 Å². The lowest BCUT2D eigenvalue weighted by Gasteiger charge is -2.29. The number of anilines is 1. The Morgan fingerprint density at radius 1 is 1.21 bits per heavy atom. The summed E-state index contributed by atoms with van der Waals surface area (Å²) in [6, 6.07) is 10.3. The lowest BCUT2D eigenvalue weighted by Crippen LogP contribution is -3.28. The third kappa shape index (κ3) is 4.89. The minimum Gasteiger partial charge on any atom is -0.321 e. The number of amides is 1. The molecule has 1 fully saturated rings. The minimum atomic E-state index is 0.0938. The fourth-order valence-electron chi connectivity index (χ4n) is 3.11. The van der Waals surface area contributed by atoms with Gasteiger partial charge in [-0.3, -0.25) is 4.79 Å². The second kappa shape index (κ2) is 8.25. The first kappa shape index (κ1) is 17.6. The number of nitrogens with one attached hydrogen (secondary N) is 3. The molecule has 1 aliphatic rings. The van der Waals surface area contributed by atoms with E-state index in [4.69, 9.17) is 0 Å². The number of carbonyl (C=O) groups excluding carboxylic acids is 1. The summed E-state index contributed by atoms with van der Waals surface area (Å²) in [7, 11) is 0. The van der Waals surface area contributed by atoms with Crippen LogP contribution in [-0.2, 0) is 11.3 Å². The van der Waals surface area contributed by atoms with Gasteiger partial charge in [-0.2, -0.15) is 0 Å². The fraction of sp³-hybridized carbons (Fsp3) is 0.389. The van der Waals surface area contributed by atoms with Crippen LogP contribution in [0.2, 0.25) is 0 Å². The maximum absolute atomic E-state index is 12.3. The van der Waals surface area contributed by atoms with Gasteiger partial charge in [0, 0.05) is 4.47 Å². The molecular weight excluding hydrogens is 386 g/mol. The van der Waals surface area contributed by atoms with E-state index in [-0.39, 0.29) is 5.91 Å². The average Bonchev–Trinajstić information content (AvgIpc) is 3.05. The van der Waals surface area contributed by atoms with Crippen molar-refractivity contribution in [1.82, 2.24) is 0 Å². The molecule has 0 saturated carbocycles. The number of aryl methyl sites for hydroxylation is 1. The quantitative estimate of drug-likeness (QED) is 0.669. The SMILES string of the molecule is Cc1ccc(NC(=O)C[NH+]2CC[NH+](Cc3cccs3)CC2)c(Br)c1. The molecule has 0 atom stereocenters. The van der Waals surface area contributed by atoms with Crippen LogP contribution < -0.4 is 15.1 Å². The predicted molar refractivity (Wildman–Crippen MR) is 102 cm³/mol. The summed E-state index contributed by atoms with van der Waals surface area (Å²) in [6.07, 6.45) is 0. The molecule has 0 bridgehead atoms. The third-order valence-corrected chi connectivity index (χ3v) is 6.01. The highest BCUT2D eigenvalue weighted by molar-refractivity contribution is 9.10. The van der Waals surface area contributed by atoms with E-state index < -0.39 is 0 Å². The number of thiophene rings is 1. The molecule has 2 heterocycles. The largest absolute Gasteiger partial charge is 0.321 e. The van der Waals surface area contributed by atoms with Crippen LogP contribution in [0.25, 0.3) is 0 Å². The molecule has 0 spiro atoms. The number of hydrogen-bond acceptors (Lipinski definition) is 2. The maximum Gasteiger partial charge on any atom is 0.279 e. The molecule has 0 radical (unpaired) electrons. The zero-order valence-corrected chi connectivity index (χ0v) is 16.3. The Labute approximate surface area is 155 Å². The average molecular weight is 410 g/mol. The molecule has 1 aliphatic heterocycles. The highest BCUT2D eigenvalue weighted by Gasteiger charge is 2.25. The Morgan fingerprint density at radius 3 is 2.62 bits per heavy atom. The molecule has 0 aliphatic carbocycles. The number of piperazine rings is 1. The van der Waals surface area contributed by atoms with E-state index in [1.54, 1.807) is 4.90 Å². The Bertz CT molecular complexity index is 682. The van der Waals surface area contributed by atoms with Crippen LogP contribution in [0.5, 0.6) is 0 Å². The topological polar surface area (TPSA) is 38.0 Å². The zero-order valence-electron chi connectivity index (χ0n) is 13.9. The normalized spacial score (nSPS) is 20.8. The fourth-order valence-corrected chi connectivity index (χ4v) is 4.48. The van der Waals surface area contributed by atoms with Crippen molar-refractivity contribution in [3.05, 3.63) is 50.6 Å². The van der Waals surface area contributed by atoms with Crippen molar-refractivity contribution in [2.24, 2.45) is 0 Å². The van der Waals surface area contributed by atoms with Gasteiger partial charge in [0.15, 0.2) is 6.54 Å². The van der Waals surface area contributed by atoms with Crippen LogP contribution in [0.3, 0.4) is 0 Å². The summed E-state index contributed by atoms with van der Waals surface area (Å²) in [6.45, 7) is 8.09. The Balaban J connectivity index is 1.44. The van der Waals surface area contributed by atoms with Gasteiger partial charge < -0.3 is 15.1 Å². The van der Waals surface area contributed by atoms with E-state index in [1.165, 1.54) is 15.3 Å². The number of benzene rings is 1. The highest BCUT2D eigenvalue weighted by Crippen LogP contribution is 2.22. The standard InChI is InChI=1S/C18H22BrN3OS/c1-14-4-5-17(16(19)11-14)20-18(23)13-22-8-6-21(7-9-22)12-15-3-2-10-24-15/h2-5,10-11H,6-9,12-13H2,1H3,(H,20,23)/p+2. The zero-order chi connectivity index (χ0) is 16.9. The van der Waals surface area contributed by atoms with Gasteiger partial charge in [0.25, 0.3) is 5.91 Å². The first-order valence-corrected chi connectivity index (χ1v) is 10.0. The Kier molecular flexibility index (Phi) is 6.05. The first-order chi connectivity index (χ1) is 11.6. The van der Waals surface area contributed by atoms with E-state index in [0.29, 0.717) is 6.54 Å². The lowest BCUT2D eigenvalue weighted by atomic mass is 10.2. The van der Waals surface area contributed by atoms with Gasteiger partial charge in [-0.05, 0) is 52.0 Å². The van der Waals surface area contributed by atoms with Crippen molar-refractivity contribution < 1.29 is 14.6 Å². The van der Waals surface area contributed by atoms with Crippen LogP contribution in [0.1, 0.15) is 10.4 Å². The van der Waals surface area contributed by atoms with Crippen LogP contribution >= 0.6 is 27.3 Å². The molecule has 4 nitrogen and oxygen atoms in total. The van der Waals surface area contributed by atoms with Crippen LogP contribution in [0.4, 0.5) is 5.69 Å². The van der Waals surface area contributed by atoms with Crippen LogP contribution in [0.15, 0.2) is 40.2 Å². The molecule has 1 saturated heterocycles. The van der Waals surface area contributed by atoms with Gasteiger partial charge in [0.2, 0.25) is 0 Å². The van der Waals surface area contributed by atoms with Crippen molar-refractivity contribution >= 4 is 38.9 Å². The summed E-state index contributed by atoms with van der Waals surface area (Å²) in [5.41, 5.74) is 2.03. The van der Waals surface area contributed by atoms with E-state index in [2.05, 4.69) is 38.8 Å². The van der Waals surface area contributed by atoms with Crippen LogP contribution in [-0.4, -0.2) is 38.6 Å². The minimum absolute atomic E-state index is 0.0938. The Morgan fingerprint density at radius 2 is 1.96 bits per heavy atom. The van der Waals surface area contributed by atoms with E-state index in [9.17, 15) is 4.79 Å². The summed E-state index contributed by atoms with van der Waals surface area (Å²) in [4.78, 5) is 16.8. The van der Waals surface area contributed by atoms with Crippen molar-refractivity contribution in [1.29, 1.82) is 0 Å². The van der Waals surface area contributed by atoms with Crippen molar-refractivity contribution in [3.8, 4) is 0 Å². The van der Waals surface area contributed by atoms with Crippen LogP contribution in [0, 0.1) is 6.92 Å². The molecule has 1 amide bonds. The van der Waals surface area contributed by atoms with Gasteiger partial charge in [-0.15, -0.1) is 11.3 Å². The first-order valence-electron chi connectivity index (χ1n) is 8.35. The van der Waals surface area contributed by atoms with Gasteiger partial charge in [-0.25, -0.2) is 0 Å². The number of rotatable bonds is 5. The summed E-state index contributed by atoms with van der Waals surface area (Å²) in [5, 5.41) is 5.16. The molecule has 3 rings (SSSR count). The molecular formula is C18H24BrN3OS+2. The monoisotopic (exact) mass is 409 g/mol. The number of hydrogen-bond donors (Lipinski definition) is 3. The molecule has 3 N–H and O–H groups in total. The van der Waals surface area contributed by atoms with Crippen molar-refractivity contribution in [2.75, 3.05) is 38.0 Å². The Hall–Kier alpha value is -1.21. The van der Waals surface area contributed by atoms with Gasteiger partial charge in [-0.1, -0.05) is 12.1 Å². The van der Waals surface area contributed by atoms with Gasteiger partial charge in [0.05, 0.1) is 10.6 Å². The molecule has 128 valence electrons. The second-order valence-corrected chi connectivity index (χ2v) is 8.35. The second-order valence-electron chi connectivity index (χ2n) is 6.46. The number of halogens is 1. The van der Waals surface area contributed by atoms with E-state index in [0.717, 1.165) is 42.9 Å². The summed E-state index contributed by atoms with van der Waals surface area (Å²) < 4.78 is 0.941. The van der Waals surface area contributed by atoms with Gasteiger partial charge >= 0.3 is 0 Å². The number of carbonyl (C=O) groups is 1.